The molecule has 0 radical (unpaired) electrons. The third kappa shape index (κ3) is 50.7. The summed E-state index contributed by atoms with van der Waals surface area (Å²) in [4.78, 5) is 256. The van der Waals surface area contributed by atoms with Gasteiger partial charge in [-0.25, -0.2) is 4.79 Å². The van der Waals surface area contributed by atoms with E-state index in [1.54, 1.807) is 112 Å². The molecule has 0 bridgehead atoms. The Bertz CT molecular complexity index is 4210. The van der Waals surface area contributed by atoms with Gasteiger partial charge in [0.15, 0.2) is 0 Å². The van der Waals surface area contributed by atoms with Crippen molar-refractivity contribution < 1.29 is 111 Å². The van der Waals surface area contributed by atoms with Crippen LogP contribution in [0.5, 0.6) is 0 Å². The van der Waals surface area contributed by atoms with Crippen LogP contribution in [-0.2, 0) is 107 Å². The van der Waals surface area contributed by atoms with Crippen molar-refractivity contribution in [1.29, 1.82) is 0 Å². The Morgan fingerprint density at radius 3 is 1.33 bits per heavy atom. The highest BCUT2D eigenvalue weighted by atomic mass is 16.5. The number of unbranched alkanes of at least 4 members (excludes halogenated alkanes) is 4. The molecule has 45 nitrogen and oxygen atoms in total. The van der Waals surface area contributed by atoms with Gasteiger partial charge >= 0.3 is 5.97 Å². The smallest absolute Gasteiger partial charge is 0.326 e. The molecule has 0 aliphatic carbocycles. The molecule has 17 atom stereocenters. The van der Waals surface area contributed by atoms with Crippen molar-refractivity contribution in [2.75, 3.05) is 79.0 Å². The quantitative estimate of drug-likeness (QED) is 0.0266. The molecule has 818 valence electrons. The van der Waals surface area contributed by atoms with Crippen LogP contribution in [0.3, 0.4) is 0 Å². The third-order valence-corrected chi connectivity index (χ3v) is 23.9. The number of carbonyl (C=O) groups excluding carboxylic acids is 17. The summed E-state index contributed by atoms with van der Waals surface area (Å²) in [5, 5.41) is 66.4. The first-order valence-corrected chi connectivity index (χ1v) is 51.0. The molecule has 1 aromatic carbocycles. The van der Waals surface area contributed by atoms with Gasteiger partial charge in [0.05, 0.1) is 39.6 Å². The Morgan fingerprint density at radius 2 is 0.833 bits per heavy atom. The molecule has 0 spiro atoms. The number of hydrogen-bond acceptors (Lipinski definition) is 27. The van der Waals surface area contributed by atoms with Gasteiger partial charge in [-0.2, -0.15) is 0 Å². The maximum absolute atomic E-state index is 14.8. The molecule has 144 heavy (non-hydrogen) atoms. The van der Waals surface area contributed by atoms with Crippen molar-refractivity contribution in [2.45, 2.75) is 360 Å². The molecular weight excluding hydrogens is 1870 g/mol. The molecule has 0 aromatic heterocycles. The minimum absolute atomic E-state index is 0.0165. The number of nitrogens with one attached hydrogen (secondary N) is 17. The van der Waals surface area contributed by atoms with Gasteiger partial charge < -0.3 is 143 Å². The van der Waals surface area contributed by atoms with Crippen LogP contribution in [0, 0.1) is 29.6 Å². The van der Waals surface area contributed by atoms with Crippen molar-refractivity contribution in [3.05, 3.63) is 48.0 Å². The van der Waals surface area contributed by atoms with Crippen LogP contribution in [0.25, 0.3) is 0 Å². The van der Waals surface area contributed by atoms with Crippen molar-refractivity contribution in [3.8, 4) is 0 Å². The lowest BCUT2D eigenvalue weighted by molar-refractivity contribution is -0.142. The van der Waals surface area contributed by atoms with E-state index < -0.39 is 227 Å². The number of carbonyl (C=O) groups is 18. The predicted octanol–water partition coefficient (Wildman–Crippen LogP) is -1.32. The van der Waals surface area contributed by atoms with E-state index in [9.17, 15) is 96.5 Å². The van der Waals surface area contributed by atoms with E-state index in [4.69, 9.17) is 42.9 Å². The summed E-state index contributed by atoms with van der Waals surface area (Å²) < 4.78 is 16.2. The summed E-state index contributed by atoms with van der Waals surface area (Å²) in [5.41, 5.74) is 25.4. The molecule has 29 N–H and O–H groups in total. The van der Waals surface area contributed by atoms with Gasteiger partial charge in [0.2, 0.25) is 100 Å². The number of ether oxygens (including phenoxy) is 3. The van der Waals surface area contributed by atoms with E-state index in [0.717, 1.165) is 0 Å². The zero-order chi connectivity index (χ0) is 108. The second-order valence-corrected chi connectivity index (χ2v) is 39.6. The molecule has 1 aliphatic heterocycles. The molecule has 0 unspecified atom stereocenters. The van der Waals surface area contributed by atoms with E-state index >= 15 is 0 Å². The summed E-state index contributed by atoms with van der Waals surface area (Å²) in [6.07, 6.45) is 8.23. The van der Waals surface area contributed by atoms with Crippen LogP contribution in [0.1, 0.15) is 258 Å². The van der Waals surface area contributed by atoms with Crippen molar-refractivity contribution >= 4 is 106 Å². The first-order chi connectivity index (χ1) is 68.0. The Labute approximate surface area is 849 Å². The first kappa shape index (κ1) is 129. The van der Waals surface area contributed by atoms with Crippen molar-refractivity contribution in [3.63, 3.8) is 0 Å². The Morgan fingerprint density at radius 1 is 0.417 bits per heavy atom. The molecule has 1 aromatic rings. The standard InChI is InChI=1S/C99H174N22O23/c1-59(2)52-73(116-86(129)70(37-25-31-43-101)110-85(128)69(36-24-30-42-100)109-79(123)58-144-51-50-143-49-48-142-47-46-104)87(130)106-64(11)81(124)105-65(12)82(125)115-77(56-68-34-22-21-23-35-68)90(133)117-76(55-62(7)8)91(134)119-80(63(9)10)94(137)118-78(57-122)93(136)121-99(16)41-29-20-18-17-19-28-40-98(15,96(140)107-67(14)84(127)114-75(54-61(5)6)89(132)112-72(95(138)139)39-27-33-45-103)120-92(135)71(38-26-32-44-102)111-88(131)74(53-60(3)4)113-83(126)66(13)108-97(99)141/h17-18,21-23,34-35,59-67,69-78,80,122H,19-20,24-33,36-58,100-104H2,1-16H3,(H,105,124)(H,106,130)(H,107,140)(H,108,141)(H,109,123)(H,110,128)(H,111,131)(H,112,132)(H,113,126)(H,114,127)(H,115,125)(H,116,129)(H,117,133)(H,118,137)(H,119,134)(H,120,135)(H,121,136)(H,138,139)/b18-17+/t64-,65-,66-,67-,69-,70-,71-,72-,73-,74-,75-,76-,77-,78-,80-,98-,99-/m0/s1. The summed E-state index contributed by atoms with van der Waals surface area (Å²) in [6.45, 7) is 27.0. The first-order valence-electron chi connectivity index (χ1n) is 51.0. The van der Waals surface area contributed by atoms with Gasteiger partial charge in [-0.05, 0) is 244 Å². The third-order valence-electron chi connectivity index (χ3n) is 23.9. The SMILES string of the molecule is CC(C)C[C@H](NC(=O)[C@H](C)NC(=O)[C@]1(C)CCC/C=C/CCC[C@](C)(NC(=O)[C@H](CO)NC(=O)[C@@H](NC(=O)[C@H](CC(C)C)NC(=O)[C@H](Cc2ccccc2)NC(=O)[C@H](C)NC(=O)[C@H](C)NC(=O)[C@H](CC(C)C)NC(=O)[C@H](CCCCN)NC(=O)[C@H](CCCCN)NC(=O)COCCOCCOCCN)C(C)C)C(=O)N[C@@H](C)C(=O)N[C@@H](CC(C)C)C(=O)N[C@@H](CCCCN)C(=O)N1)C(=O)N[C@@H](CCCCN)C(=O)O. The Kier molecular flexibility index (Phi) is 62.7. The Hall–Kier alpha value is -10.9. The second-order valence-electron chi connectivity index (χ2n) is 39.6. The average molecular weight is 2040 g/mol. The molecule has 2 rings (SSSR count). The van der Waals surface area contributed by atoms with E-state index in [2.05, 4.69) is 90.4 Å². The lowest BCUT2D eigenvalue weighted by Gasteiger charge is -2.33. The molecule has 45 heteroatoms. The number of hydrogen-bond donors (Lipinski definition) is 24. The summed E-state index contributed by atoms with van der Waals surface area (Å²) >= 11 is 0. The summed E-state index contributed by atoms with van der Waals surface area (Å²) in [5.74, 6) is -17.0. The van der Waals surface area contributed by atoms with Gasteiger partial charge in [-0.1, -0.05) is 112 Å². The van der Waals surface area contributed by atoms with Gasteiger partial charge in [0.1, 0.15) is 108 Å². The maximum atomic E-state index is 14.8. The van der Waals surface area contributed by atoms with Crippen molar-refractivity contribution in [2.24, 2.45) is 58.3 Å². The number of aliphatic hydroxyl groups is 1. The van der Waals surface area contributed by atoms with Crippen molar-refractivity contribution in [1.82, 2.24) is 90.4 Å². The Balaban J connectivity index is 2.50. The fourth-order valence-corrected chi connectivity index (χ4v) is 15.5. The fourth-order valence-electron chi connectivity index (χ4n) is 15.5. The number of nitrogens with two attached hydrogens (primary N) is 5. The predicted molar refractivity (Wildman–Crippen MR) is 542 cm³/mol. The molecule has 0 saturated heterocycles. The molecule has 0 saturated carbocycles. The van der Waals surface area contributed by atoms with E-state index in [1.807, 2.05) is 0 Å². The number of amides is 17. The van der Waals surface area contributed by atoms with Crippen LogP contribution in [0.15, 0.2) is 42.5 Å². The minimum Gasteiger partial charge on any atom is -0.480 e. The molecular formula is C99H174N22O23. The van der Waals surface area contributed by atoms with Gasteiger partial charge in [-0.15, -0.1) is 0 Å². The zero-order valence-corrected chi connectivity index (χ0v) is 87.7. The monoisotopic (exact) mass is 2040 g/mol. The van der Waals surface area contributed by atoms with E-state index in [0.29, 0.717) is 103 Å². The van der Waals surface area contributed by atoms with Crippen LogP contribution < -0.4 is 119 Å². The number of allylic oxidation sites excluding steroid dienone is 2. The average Bonchev–Trinajstić information content (AvgIpc) is 0.872. The molecule has 17 amide bonds. The maximum Gasteiger partial charge on any atom is 0.326 e. The number of carboxylic acids is 1. The highest BCUT2D eigenvalue weighted by molar-refractivity contribution is 6.02. The topological polar surface area (TPSA) is 710 Å². The number of benzene rings is 1. The van der Waals surface area contributed by atoms with Crippen LogP contribution in [-0.4, -0.2) is 297 Å². The summed E-state index contributed by atoms with van der Waals surface area (Å²) in [7, 11) is 0. The molecule has 1 heterocycles. The highest BCUT2D eigenvalue weighted by Gasteiger charge is 2.44. The number of rotatable bonds is 64. The van der Waals surface area contributed by atoms with Gasteiger partial charge in [-0.3, -0.25) is 81.5 Å². The van der Waals surface area contributed by atoms with Crippen LogP contribution in [0.4, 0.5) is 0 Å². The minimum atomic E-state index is -1.93. The van der Waals surface area contributed by atoms with Gasteiger partial charge in [0.25, 0.3) is 0 Å². The van der Waals surface area contributed by atoms with Crippen LogP contribution in [0.2, 0.25) is 0 Å². The number of aliphatic carboxylic acids is 1. The van der Waals surface area contributed by atoms with Gasteiger partial charge in [0, 0.05) is 13.0 Å². The highest BCUT2D eigenvalue weighted by Crippen LogP contribution is 2.23. The lowest BCUT2D eigenvalue weighted by atomic mass is 9.91. The molecule has 0 fully saturated rings. The van der Waals surface area contributed by atoms with E-state index in [1.165, 1.54) is 41.5 Å². The fraction of sp³-hybridized carbons (Fsp3) is 0.737. The number of carboxylic acid groups (broad SMARTS) is 1. The van der Waals surface area contributed by atoms with E-state index in [-0.39, 0.29) is 140 Å². The summed E-state index contributed by atoms with van der Waals surface area (Å²) in [6, 6.07) is -11.8. The lowest BCUT2D eigenvalue weighted by Crippen LogP contribution is -2.65. The van der Waals surface area contributed by atoms with Crippen LogP contribution >= 0.6 is 0 Å². The second kappa shape index (κ2) is 70.0. The number of aliphatic hydroxyl groups excluding tert-OH is 1. The zero-order valence-electron chi connectivity index (χ0n) is 87.7. The molecule has 1 aliphatic rings. The largest absolute Gasteiger partial charge is 0.480 e. The normalized spacial score (nSPS) is 19.5.